The van der Waals surface area contributed by atoms with Crippen molar-refractivity contribution >= 4 is 28.6 Å². The largest absolute Gasteiger partial charge is 0.372 e. The van der Waals surface area contributed by atoms with E-state index in [9.17, 15) is 0 Å². The van der Waals surface area contributed by atoms with Crippen LogP contribution in [0.5, 0.6) is 0 Å². The minimum Gasteiger partial charge on any atom is -0.372 e. The summed E-state index contributed by atoms with van der Waals surface area (Å²) in [5, 5.41) is 8.64. The highest BCUT2D eigenvalue weighted by Crippen LogP contribution is 2.24. The Labute approximate surface area is 117 Å². The number of thiazole rings is 1. The molecule has 2 aromatic rings. The Morgan fingerprint density at radius 1 is 1.42 bits per heavy atom. The Kier molecular flexibility index (Phi) is 8.19. The molecule has 7 heteroatoms. The lowest BCUT2D eigenvalue weighted by atomic mass is 10.4. The molecule has 106 valence electrons. The third-order valence-electron chi connectivity index (χ3n) is 1.99. The lowest BCUT2D eigenvalue weighted by molar-refractivity contribution is -0.106. The number of nitrogens with one attached hydrogen (secondary N) is 1. The lowest BCUT2D eigenvalue weighted by Gasteiger charge is -2.00. The Bertz CT molecular complexity index is 492. The number of hydrogen-bond donors (Lipinski definition) is 2. The van der Waals surface area contributed by atoms with Gasteiger partial charge in [-0.05, 0) is 13.8 Å². The number of aryl methyl sites for hydroxylation is 3. The second-order valence-electron chi connectivity index (χ2n) is 3.36. The van der Waals surface area contributed by atoms with Gasteiger partial charge in [-0.25, -0.2) is 4.98 Å². The van der Waals surface area contributed by atoms with Crippen LogP contribution in [0.4, 0.5) is 10.8 Å². The fourth-order valence-electron chi connectivity index (χ4n) is 1.26. The minimum absolute atomic E-state index is 0.250. The zero-order valence-electron chi connectivity index (χ0n) is 12.0. The van der Waals surface area contributed by atoms with Gasteiger partial charge in [-0.1, -0.05) is 13.8 Å². The number of primary amides is 1. The number of rotatable bonds is 2. The molecular formula is C12H21N5OS. The number of nitrogens with zero attached hydrogens (tertiary/aromatic N) is 3. The summed E-state index contributed by atoms with van der Waals surface area (Å²) in [6, 6.07) is 0. The molecule has 6 nitrogen and oxygen atoms in total. The van der Waals surface area contributed by atoms with Crippen LogP contribution in [0, 0.1) is 13.8 Å². The van der Waals surface area contributed by atoms with E-state index in [4.69, 9.17) is 4.79 Å². The van der Waals surface area contributed by atoms with E-state index in [0.29, 0.717) is 0 Å². The van der Waals surface area contributed by atoms with Gasteiger partial charge in [0, 0.05) is 18.8 Å². The van der Waals surface area contributed by atoms with Crippen molar-refractivity contribution in [1.29, 1.82) is 0 Å². The number of nitrogens with two attached hydrogens (primary N) is 1. The van der Waals surface area contributed by atoms with Gasteiger partial charge in [0.05, 0.1) is 11.2 Å². The van der Waals surface area contributed by atoms with E-state index in [1.165, 1.54) is 0 Å². The van der Waals surface area contributed by atoms with Crippen LogP contribution >= 0.6 is 11.3 Å². The highest BCUT2D eigenvalue weighted by Gasteiger charge is 2.06. The molecule has 0 aliphatic carbocycles. The summed E-state index contributed by atoms with van der Waals surface area (Å²) in [5.74, 6) is 0.903. The van der Waals surface area contributed by atoms with E-state index in [-0.39, 0.29) is 6.41 Å². The van der Waals surface area contributed by atoms with Gasteiger partial charge >= 0.3 is 0 Å². The quantitative estimate of drug-likeness (QED) is 0.828. The second-order valence-corrected chi connectivity index (χ2v) is 4.22. The van der Waals surface area contributed by atoms with Crippen molar-refractivity contribution < 1.29 is 4.79 Å². The lowest BCUT2D eigenvalue weighted by Crippen LogP contribution is -1.94. The van der Waals surface area contributed by atoms with Gasteiger partial charge in [-0.2, -0.15) is 5.10 Å². The van der Waals surface area contributed by atoms with E-state index in [0.717, 1.165) is 22.1 Å². The first kappa shape index (κ1) is 17.1. The number of hydrogen-bond acceptors (Lipinski definition) is 5. The molecule has 0 radical (unpaired) electrons. The zero-order valence-corrected chi connectivity index (χ0v) is 12.8. The fraction of sp³-hybridized carbons (Fsp3) is 0.417. The average molecular weight is 283 g/mol. The molecule has 0 aliphatic heterocycles. The molecule has 0 spiro atoms. The first-order chi connectivity index (χ1) is 9.08. The van der Waals surface area contributed by atoms with Crippen LogP contribution < -0.4 is 11.1 Å². The van der Waals surface area contributed by atoms with Crippen molar-refractivity contribution in [3.8, 4) is 0 Å². The van der Waals surface area contributed by atoms with Crippen molar-refractivity contribution in [2.75, 3.05) is 5.32 Å². The molecule has 1 amide bonds. The van der Waals surface area contributed by atoms with Gasteiger partial charge in [0.15, 0.2) is 5.82 Å². The minimum atomic E-state index is 0.250. The van der Waals surface area contributed by atoms with E-state index in [2.05, 4.69) is 21.1 Å². The van der Waals surface area contributed by atoms with Crippen LogP contribution in [0.1, 0.15) is 25.1 Å². The third kappa shape index (κ3) is 5.52. The number of amides is 1. The van der Waals surface area contributed by atoms with E-state index in [1.807, 2.05) is 46.5 Å². The highest BCUT2D eigenvalue weighted by molar-refractivity contribution is 7.14. The van der Waals surface area contributed by atoms with Gasteiger partial charge in [0.25, 0.3) is 0 Å². The molecule has 0 aliphatic rings. The standard InChI is InChI=1S/C9H12N4S.C2H6.CH3NO/c1-6-4-13(3)12-8(6)11-9-7(2)10-5-14-9;1-2;2-1-3/h4-5H,1-3H3,(H,11,12);1-2H3;1H,(H2,2,3). The molecule has 0 unspecified atom stereocenters. The summed E-state index contributed by atoms with van der Waals surface area (Å²) in [4.78, 5) is 12.8. The van der Waals surface area contributed by atoms with Gasteiger partial charge in [0.2, 0.25) is 6.41 Å². The molecule has 2 rings (SSSR count). The van der Waals surface area contributed by atoms with Crippen LogP contribution in [0.2, 0.25) is 0 Å². The topological polar surface area (TPSA) is 85.8 Å². The molecule has 0 saturated heterocycles. The number of carbonyl (C=O) groups is 1. The van der Waals surface area contributed by atoms with Crippen LogP contribution in [0.15, 0.2) is 11.7 Å². The number of aromatic nitrogens is 3. The van der Waals surface area contributed by atoms with Gasteiger partial charge in [-0.15, -0.1) is 11.3 Å². The Balaban J connectivity index is 0.000000573. The maximum absolute atomic E-state index is 8.58. The first-order valence-electron chi connectivity index (χ1n) is 5.91. The maximum Gasteiger partial charge on any atom is 0.204 e. The predicted octanol–water partition coefficient (Wildman–Crippen LogP) is 2.36. The fourth-order valence-corrected chi connectivity index (χ4v) is 1.96. The Morgan fingerprint density at radius 2 is 2.00 bits per heavy atom. The second kappa shape index (κ2) is 9.09. The van der Waals surface area contributed by atoms with Crippen molar-refractivity contribution in [2.45, 2.75) is 27.7 Å². The van der Waals surface area contributed by atoms with E-state index >= 15 is 0 Å². The summed E-state index contributed by atoms with van der Waals surface area (Å²) in [6.07, 6.45) is 2.23. The first-order valence-corrected chi connectivity index (χ1v) is 6.79. The maximum atomic E-state index is 8.58. The van der Waals surface area contributed by atoms with Gasteiger partial charge in [0.1, 0.15) is 5.00 Å². The average Bonchev–Trinajstić information content (AvgIpc) is 2.91. The van der Waals surface area contributed by atoms with E-state index < -0.39 is 0 Å². The van der Waals surface area contributed by atoms with Gasteiger partial charge < -0.3 is 11.1 Å². The van der Waals surface area contributed by atoms with Gasteiger partial charge in [-0.3, -0.25) is 9.48 Å². The molecule has 19 heavy (non-hydrogen) atoms. The molecule has 2 heterocycles. The summed E-state index contributed by atoms with van der Waals surface area (Å²) >= 11 is 1.59. The van der Waals surface area contributed by atoms with Crippen LogP contribution in [0.25, 0.3) is 0 Å². The molecule has 3 N–H and O–H groups in total. The number of anilines is 2. The van der Waals surface area contributed by atoms with Crippen LogP contribution in [-0.4, -0.2) is 21.2 Å². The van der Waals surface area contributed by atoms with Crippen molar-refractivity contribution in [3.05, 3.63) is 23.0 Å². The van der Waals surface area contributed by atoms with Crippen LogP contribution in [0.3, 0.4) is 0 Å². The summed E-state index contributed by atoms with van der Waals surface area (Å²) in [5.41, 5.74) is 8.15. The summed E-state index contributed by atoms with van der Waals surface area (Å²) in [7, 11) is 1.91. The molecule has 0 aromatic carbocycles. The van der Waals surface area contributed by atoms with Crippen molar-refractivity contribution in [2.24, 2.45) is 12.8 Å². The molecule has 0 fully saturated rings. The third-order valence-corrected chi connectivity index (χ3v) is 2.83. The summed E-state index contributed by atoms with van der Waals surface area (Å²) < 4.78 is 1.80. The zero-order chi connectivity index (χ0) is 14.8. The molecular weight excluding hydrogens is 262 g/mol. The molecule has 0 atom stereocenters. The monoisotopic (exact) mass is 283 g/mol. The molecule has 0 saturated carbocycles. The van der Waals surface area contributed by atoms with Crippen molar-refractivity contribution in [1.82, 2.24) is 14.8 Å². The normalized spacial score (nSPS) is 8.68. The van der Waals surface area contributed by atoms with E-state index in [1.54, 1.807) is 16.0 Å². The van der Waals surface area contributed by atoms with Crippen LogP contribution in [-0.2, 0) is 11.8 Å². The highest BCUT2D eigenvalue weighted by atomic mass is 32.1. The molecule has 2 aromatic heterocycles. The Hall–Kier alpha value is -1.89. The predicted molar refractivity (Wildman–Crippen MR) is 79.7 cm³/mol. The summed E-state index contributed by atoms with van der Waals surface area (Å²) in [6.45, 7) is 8.02. The smallest absolute Gasteiger partial charge is 0.204 e. The Morgan fingerprint density at radius 3 is 2.37 bits per heavy atom. The number of carbonyl (C=O) groups excluding carboxylic acids is 1. The molecule has 0 bridgehead atoms. The van der Waals surface area contributed by atoms with Crippen molar-refractivity contribution in [3.63, 3.8) is 0 Å². The SMILES string of the molecule is CC.Cc1cn(C)nc1Nc1scnc1C.NC=O.